The van der Waals surface area contributed by atoms with Gasteiger partial charge in [-0.3, -0.25) is 10.2 Å². The molecule has 0 saturated carbocycles. The molecule has 5 nitrogen and oxygen atoms in total. The van der Waals surface area contributed by atoms with Crippen molar-refractivity contribution in [2.75, 3.05) is 13.2 Å². The average molecular weight is 292 g/mol. The molecule has 0 spiro atoms. The summed E-state index contributed by atoms with van der Waals surface area (Å²) in [5.74, 6) is 6.54. The quantitative estimate of drug-likeness (QED) is 0.228. The van der Waals surface area contributed by atoms with Crippen LogP contribution in [0.1, 0.15) is 31.7 Å². The van der Waals surface area contributed by atoms with Crippen LogP contribution in [0.4, 0.5) is 0 Å². The van der Waals surface area contributed by atoms with E-state index < -0.39 is 0 Å². The van der Waals surface area contributed by atoms with Crippen molar-refractivity contribution in [1.29, 1.82) is 0 Å². The third-order valence-corrected chi connectivity index (χ3v) is 2.92. The SMILES string of the molecule is C=CCc1cc(OCC)ccc1OCCCCC(=O)NN. The van der Waals surface area contributed by atoms with E-state index in [9.17, 15) is 4.79 Å². The maximum absolute atomic E-state index is 11.0. The van der Waals surface area contributed by atoms with Crippen LogP contribution in [0.15, 0.2) is 30.9 Å². The Bertz CT molecular complexity index is 461. The van der Waals surface area contributed by atoms with Crippen LogP contribution in [0.25, 0.3) is 0 Å². The van der Waals surface area contributed by atoms with Crippen molar-refractivity contribution in [1.82, 2.24) is 5.43 Å². The van der Waals surface area contributed by atoms with Crippen LogP contribution in [0.2, 0.25) is 0 Å². The molecular weight excluding hydrogens is 268 g/mol. The van der Waals surface area contributed by atoms with Gasteiger partial charge in [0.2, 0.25) is 5.91 Å². The highest BCUT2D eigenvalue weighted by atomic mass is 16.5. The molecule has 0 bridgehead atoms. The average Bonchev–Trinajstić information content (AvgIpc) is 2.49. The van der Waals surface area contributed by atoms with Gasteiger partial charge in [-0.2, -0.15) is 0 Å². The lowest BCUT2D eigenvalue weighted by molar-refractivity contribution is -0.121. The number of rotatable bonds is 10. The van der Waals surface area contributed by atoms with Crippen molar-refractivity contribution in [3.05, 3.63) is 36.4 Å². The van der Waals surface area contributed by atoms with Crippen LogP contribution in [-0.2, 0) is 11.2 Å². The summed E-state index contributed by atoms with van der Waals surface area (Å²) in [5.41, 5.74) is 3.16. The molecule has 0 unspecified atom stereocenters. The van der Waals surface area contributed by atoms with Crippen molar-refractivity contribution in [3.8, 4) is 11.5 Å². The second kappa shape index (κ2) is 9.83. The van der Waals surface area contributed by atoms with E-state index >= 15 is 0 Å². The Balaban J connectivity index is 2.49. The number of hydrogen-bond donors (Lipinski definition) is 2. The maximum Gasteiger partial charge on any atom is 0.233 e. The van der Waals surface area contributed by atoms with Gasteiger partial charge in [0.25, 0.3) is 0 Å². The molecule has 21 heavy (non-hydrogen) atoms. The summed E-state index contributed by atoms with van der Waals surface area (Å²) < 4.78 is 11.3. The normalized spacial score (nSPS) is 10.0. The number of nitrogens with one attached hydrogen (secondary N) is 1. The predicted octanol–water partition coefficient (Wildman–Crippen LogP) is 2.35. The summed E-state index contributed by atoms with van der Waals surface area (Å²) in [5, 5.41) is 0. The molecular formula is C16H24N2O3. The Kier molecular flexibility index (Phi) is 7.97. The van der Waals surface area contributed by atoms with Gasteiger partial charge in [-0.1, -0.05) is 6.08 Å². The largest absolute Gasteiger partial charge is 0.494 e. The third-order valence-electron chi connectivity index (χ3n) is 2.92. The summed E-state index contributed by atoms with van der Waals surface area (Å²) in [4.78, 5) is 11.0. The van der Waals surface area contributed by atoms with Crippen LogP contribution in [0, 0.1) is 0 Å². The number of amides is 1. The molecule has 1 aromatic carbocycles. The van der Waals surface area contributed by atoms with Gasteiger partial charge < -0.3 is 9.47 Å². The van der Waals surface area contributed by atoms with E-state index in [-0.39, 0.29) is 5.91 Å². The van der Waals surface area contributed by atoms with Gasteiger partial charge in [-0.25, -0.2) is 5.84 Å². The highest BCUT2D eigenvalue weighted by Crippen LogP contribution is 2.25. The second-order valence-electron chi connectivity index (χ2n) is 4.57. The number of nitrogens with two attached hydrogens (primary N) is 1. The zero-order chi connectivity index (χ0) is 15.5. The Labute approximate surface area is 126 Å². The molecule has 1 aromatic rings. The first-order valence-electron chi connectivity index (χ1n) is 7.20. The minimum Gasteiger partial charge on any atom is -0.494 e. The number of ether oxygens (including phenoxy) is 2. The molecule has 0 aromatic heterocycles. The summed E-state index contributed by atoms with van der Waals surface area (Å²) in [7, 11) is 0. The molecule has 0 heterocycles. The number of benzene rings is 1. The topological polar surface area (TPSA) is 73.6 Å². The van der Waals surface area contributed by atoms with Gasteiger partial charge in [0.15, 0.2) is 0 Å². The van der Waals surface area contributed by atoms with Gasteiger partial charge >= 0.3 is 0 Å². The van der Waals surface area contributed by atoms with Gasteiger partial charge in [0, 0.05) is 12.0 Å². The van der Waals surface area contributed by atoms with E-state index in [1.54, 1.807) is 0 Å². The lowest BCUT2D eigenvalue weighted by Crippen LogP contribution is -2.29. The Hall–Kier alpha value is -2.01. The smallest absolute Gasteiger partial charge is 0.233 e. The van der Waals surface area contributed by atoms with Crippen LogP contribution in [0.3, 0.4) is 0 Å². The van der Waals surface area contributed by atoms with Crippen molar-refractivity contribution in [2.45, 2.75) is 32.6 Å². The zero-order valence-electron chi connectivity index (χ0n) is 12.6. The van der Waals surface area contributed by atoms with Crippen LogP contribution >= 0.6 is 0 Å². The van der Waals surface area contributed by atoms with Crippen LogP contribution in [-0.4, -0.2) is 19.1 Å². The Morgan fingerprint density at radius 3 is 2.86 bits per heavy atom. The molecule has 0 atom stereocenters. The summed E-state index contributed by atoms with van der Waals surface area (Å²) >= 11 is 0. The first kappa shape index (κ1) is 17.0. The summed E-state index contributed by atoms with van der Waals surface area (Å²) in [6.07, 6.45) is 4.53. The van der Waals surface area contributed by atoms with Crippen LogP contribution < -0.4 is 20.7 Å². The fraction of sp³-hybridized carbons (Fsp3) is 0.438. The number of hydrazine groups is 1. The Morgan fingerprint density at radius 2 is 2.19 bits per heavy atom. The maximum atomic E-state index is 11.0. The molecule has 5 heteroatoms. The lowest BCUT2D eigenvalue weighted by Gasteiger charge is -2.12. The first-order valence-corrected chi connectivity index (χ1v) is 7.20. The fourth-order valence-electron chi connectivity index (χ4n) is 1.91. The number of unbranched alkanes of at least 4 members (excludes halogenated alkanes) is 1. The third kappa shape index (κ3) is 6.31. The van der Waals surface area contributed by atoms with Crippen molar-refractivity contribution >= 4 is 5.91 Å². The highest BCUT2D eigenvalue weighted by molar-refractivity contribution is 5.75. The number of allylic oxidation sites excluding steroid dienone is 1. The highest BCUT2D eigenvalue weighted by Gasteiger charge is 2.05. The van der Waals surface area contributed by atoms with Gasteiger partial charge in [-0.05, 0) is 44.4 Å². The van der Waals surface area contributed by atoms with Crippen molar-refractivity contribution < 1.29 is 14.3 Å². The first-order chi connectivity index (χ1) is 10.2. The minimum absolute atomic E-state index is 0.150. The molecule has 0 radical (unpaired) electrons. The number of hydrogen-bond acceptors (Lipinski definition) is 4. The summed E-state index contributed by atoms with van der Waals surface area (Å²) in [6, 6.07) is 5.78. The van der Waals surface area contributed by atoms with E-state index in [1.165, 1.54) is 0 Å². The van der Waals surface area contributed by atoms with Gasteiger partial charge in [-0.15, -0.1) is 6.58 Å². The lowest BCUT2D eigenvalue weighted by atomic mass is 10.1. The van der Waals surface area contributed by atoms with Crippen molar-refractivity contribution in [3.63, 3.8) is 0 Å². The zero-order valence-corrected chi connectivity index (χ0v) is 12.6. The molecule has 0 saturated heterocycles. The molecule has 3 N–H and O–H groups in total. The van der Waals surface area contributed by atoms with E-state index in [0.717, 1.165) is 36.3 Å². The van der Waals surface area contributed by atoms with Crippen molar-refractivity contribution in [2.24, 2.45) is 5.84 Å². The monoisotopic (exact) mass is 292 g/mol. The van der Waals surface area contributed by atoms with Crippen LogP contribution in [0.5, 0.6) is 11.5 Å². The van der Waals surface area contributed by atoms with E-state index in [1.807, 2.05) is 31.2 Å². The molecule has 0 fully saturated rings. The number of carbonyl (C=O) groups excluding carboxylic acids is 1. The second-order valence-corrected chi connectivity index (χ2v) is 4.57. The fourth-order valence-corrected chi connectivity index (χ4v) is 1.91. The predicted molar refractivity (Wildman–Crippen MR) is 83.2 cm³/mol. The molecule has 0 aliphatic carbocycles. The number of carbonyl (C=O) groups is 1. The molecule has 0 aliphatic rings. The minimum atomic E-state index is -0.150. The standard InChI is InChI=1S/C16H24N2O3/c1-3-7-13-12-14(20-4-2)9-10-15(13)21-11-6-5-8-16(19)18-17/h3,9-10,12H,1,4-8,11,17H2,2H3,(H,18,19). The van der Waals surface area contributed by atoms with E-state index in [2.05, 4.69) is 12.0 Å². The molecule has 116 valence electrons. The molecule has 1 amide bonds. The van der Waals surface area contributed by atoms with E-state index in [0.29, 0.717) is 19.6 Å². The van der Waals surface area contributed by atoms with Gasteiger partial charge in [0.1, 0.15) is 11.5 Å². The van der Waals surface area contributed by atoms with E-state index in [4.69, 9.17) is 15.3 Å². The summed E-state index contributed by atoms with van der Waals surface area (Å²) in [6.45, 7) is 6.91. The molecule has 0 aliphatic heterocycles. The Morgan fingerprint density at radius 1 is 1.38 bits per heavy atom. The van der Waals surface area contributed by atoms with Gasteiger partial charge in [0.05, 0.1) is 13.2 Å². The molecule has 1 rings (SSSR count).